The maximum absolute atomic E-state index is 11.2. The summed E-state index contributed by atoms with van der Waals surface area (Å²) >= 11 is 0. The Morgan fingerprint density at radius 3 is 2.79 bits per heavy atom. The van der Waals surface area contributed by atoms with E-state index in [2.05, 4.69) is 0 Å². The highest BCUT2D eigenvalue weighted by Crippen LogP contribution is 2.25. The van der Waals surface area contributed by atoms with E-state index in [9.17, 15) is 4.79 Å². The Labute approximate surface area is 83.5 Å². The molecule has 0 aromatic carbocycles. The second-order valence-electron chi connectivity index (χ2n) is 3.80. The van der Waals surface area contributed by atoms with E-state index in [0.29, 0.717) is 26.2 Å². The minimum atomic E-state index is -0.310. The van der Waals surface area contributed by atoms with Gasteiger partial charge in [0.15, 0.2) is 5.78 Å². The number of rotatable bonds is 5. The molecule has 4 nitrogen and oxygen atoms in total. The van der Waals surface area contributed by atoms with Gasteiger partial charge in [-0.2, -0.15) is 0 Å². The molecule has 0 aromatic heterocycles. The smallest absolute Gasteiger partial charge is 0.166 e. The van der Waals surface area contributed by atoms with Crippen LogP contribution in [0.3, 0.4) is 0 Å². The summed E-state index contributed by atoms with van der Waals surface area (Å²) in [5.41, 5.74) is 0. The average molecular weight is 200 g/mol. The summed E-state index contributed by atoms with van der Waals surface area (Å²) in [7, 11) is 0. The normalized spacial score (nSPS) is 32.5. The fourth-order valence-electron chi connectivity index (χ4n) is 1.57. The van der Waals surface area contributed by atoms with Gasteiger partial charge in [-0.25, -0.2) is 0 Å². The molecular weight excluding hydrogens is 184 g/mol. The van der Waals surface area contributed by atoms with Crippen molar-refractivity contribution in [2.75, 3.05) is 19.8 Å². The fourth-order valence-corrected chi connectivity index (χ4v) is 1.57. The Bertz CT molecular complexity index is 212. The van der Waals surface area contributed by atoms with Crippen LogP contribution < -0.4 is 0 Å². The molecule has 0 aromatic rings. The third-order valence-corrected chi connectivity index (χ3v) is 2.53. The van der Waals surface area contributed by atoms with Crippen LogP contribution in [0.5, 0.6) is 0 Å². The maximum atomic E-state index is 11.2. The standard InChI is InChI=1S/C10H16O4/c1-2-3-13-10-8(11)4-9(10)14-7-5-12-6-7/h7,9-10H,2-6H2,1H3. The summed E-state index contributed by atoms with van der Waals surface area (Å²) in [6.45, 7) is 3.98. The van der Waals surface area contributed by atoms with Gasteiger partial charge in [0, 0.05) is 13.0 Å². The minimum Gasteiger partial charge on any atom is -0.376 e. The highest BCUT2D eigenvalue weighted by atomic mass is 16.6. The topological polar surface area (TPSA) is 44.8 Å². The number of carbonyl (C=O) groups excluding carboxylic acids is 1. The second-order valence-corrected chi connectivity index (χ2v) is 3.80. The molecule has 0 spiro atoms. The van der Waals surface area contributed by atoms with Crippen molar-refractivity contribution >= 4 is 5.78 Å². The van der Waals surface area contributed by atoms with Crippen LogP contribution in [0.1, 0.15) is 19.8 Å². The number of carbonyl (C=O) groups is 1. The first-order valence-electron chi connectivity index (χ1n) is 5.18. The van der Waals surface area contributed by atoms with E-state index in [-0.39, 0.29) is 24.1 Å². The molecule has 0 amide bonds. The number of ether oxygens (including phenoxy) is 3. The number of hydrogen-bond donors (Lipinski definition) is 0. The molecule has 2 aliphatic rings. The Hall–Kier alpha value is -0.450. The number of hydrogen-bond acceptors (Lipinski definition) is 4. The summed E-state index contributed by atoms with van der Waals surface area (Å²) in [6, 6.07) is 0. The first kappa shape index (κ1) is 10.1. The van der Waals surface area contributed by atoms with Gasteiger partial charge in [0.25, 0.3) is 0 Å². The van der Waals surface area contributed by atoms with Crippen LogP contribution in [0.4, 0.5) is 0 Å². The summed E-state index contributed by atoms with van der Waals surface area (Å²) in [4.78, 5) is 11.2. The van der Waals surface area contributed by atoms with Gasteiger partial charge in [-0.1, -0.05) is 6.92 Å². The molecule has 1 saturated carbocycles. The lowest BCUT2D eigenvalue weighted by atomic mass is 9.89. The van der Waals surface area contributed by atoms with E-state index < -0.39 is 0 Å². The zero-order valence-electron chi connectivity index (χ0n) is 8.40. The van der Waals surface area contributed by atoms with Crippen molar-refractivity contribution < 1.29 is 19.0 Å². The fraction of sp³-hybridized carbons (Fsp3) is 0.900. The monoisotopic (exact) mass is 200 g/mol. The Morgan fingerprint density at radius 1 is 1.50 bits per heavy atom. The van der Waals surface area contributed by atoms with Crippen molar-refractivity contribution in [2.45, 2.75) is 38.1 Å². The first-order valence-corrected chi connectivity index (χ1v) is 5.18. The molecule has 1 aliphatic carbocycles. The van der Waals surface area contributed by atoms with Crippen LogP contribution >= 0.6 is 0 Å². The highest BCUT2D eigenvalue weighted by molar-refractivity contribution is 5.90. The van der Waals surface area contributed by atoms with E-state index in [1.165, 1.54) is 0 Å². The van der Waals surface area contributed by atoms with Crippen molar-refractivity contribution in [1.82, 2.24) is 0 Å². The zero-order chi connectivity index (χ0) is 9.97. The summed E-state index contributed by atoms with van der Waals surface area (Å²) in [5, 5.41) is 0. The SMILES string of the molecule is CCCOC1C(=O)CC1OC1COC1. The van der Waals surface area contributed by atoms with Crippen molar-refractivity contribution in [3.8, 4) is 0 Å². The lowest BCUT2D eigenvalue weighted by Crippen LogP contribution is -2.54. The summed E-state index contributed by atoms with van der Waals surface area (Å²) in [5.74, 6) is 0.170. The van der Waals surface area contributed by atoms with Gasteiger partial charge in [0.2, 0.25) is 0 Å². The molecule has 1 heterocycles. The van der Waals surface area contributed by atoms with Crippen LogP contribution in [0, 0.1) is 0 Å². The average Bonchev–Trinajstić information content (AvgIpc) is 2.09. The maximum Gasteiger partial charge on any atom is 0.166 e. The molecule has 0 bridgehead atoms. The third-order valence-electron chi connectivity index (χ3n) is 2.53. The number of ketones is 1. The molecule has 2 fully saturated rings. The Balaban J connectivity index is 1.72. The molecular formula is C10H16O4. The van der Waals surface area contributed by atoms with Gasteiger partial charge in [-0.15, -0.1) is 0 Å². The van der Waals surface area contributed by atoms with E-state index in [0.717, 1.165) is 6.42 Å². The van der Waals surface area contributed by atoms with Crippen molar-refractivity contribution in [2.24, 2.45) is 0 Å². The van der Waals surface area contributed by atoms with Crippen molar-refractivity contribution in [3.63, 3.8) is 0 Å². The minimum absolute atomic E-state index is 0.0250. The molecule has 4 heteroatoms. The van der Waals surface area contributed by atoms with E-state index in [4.69, 9.17) is 14.2 Å². The van der Waals surface area contributed by atoms with Gasteiger partial charge in [-0.05, 0) is 6.42 Å². The second kappa shape index (κ2) is 4.38. The Kier molecular flexibility index (Phi) is 3.15. The van der Waals surface area contributed by atoms with Gasteiger partial charge >= 0.3 is 0 Å². The lowest BCUT2D eigenvalue weighted by Gasteiger charge is -2.39. The molecule has 80 valence electrons. The van der Waals surface area contributed by atoms with E-state index >= 15 is 0 Å². The zero-order valence-corrected chi connectivity index (χ0v) is 8.40. The van der Waals surface area contributed by atoms with E-state index in [1.807, 2.05) is 6.92 Å². The molecule has 0 radical (unpaired) electrons. The molecule has 0 N–H and O–H groups in total. The third kappa shape index (κ3) is 1.97. The van der Waals surface area contributed by atoms with Crippen molar-refractivity contribution in [1.29, 1.82) is 0 Å². The van der Waals surface area contributed by atoms with Gasteiger partial charge in [-0.3, -0.25) is 4.79 Å². The van der Waals surface area contributed by atoms with Crippen LogP contribution in [0.15, 0.2) is 0 Å². The molecule has 2 rings (SSSR count). The predicted octanol–water partition coefficient (Wildman–Crippen LogP) is 0.538. The molecule has 1 aliphatic heterocycles. The van der Waals surface area contributed by atoms with Crippen molar-refractivity contribution in [3.05, 3.63) is 0 Å². The molecule has 2 atom stereocenters. The van der Waals surface area contributed by atoms with E-state index in [1.54, 1.807) is 0 Å². The highest BCUT2D eigenvalue weighted by Gasteiger charge is 2.43. The number of Topliss-reactive ketones (excluding diaryl/α,β-unsaturated/α-hetero) is 1. The van der Waals surface area contributed by atoms with Crippen LogP contribution in [-0.4, -0.2) is 43.9 Å². The lowest BCUT2D eigenvalue weighted by molar-refractivity contribution is -0.206. The molecule has 2 unspecified atom stereocenters. The van der Waals surface area contributed by atoms with Gasteiger partial charge in [0.1, 0.15) is 12.2 Å². The summed E-state index contributed by atoms with van der Waals surface area (Å²) < 4.78 is 16.0. The van der Waals surface area contributed by atoms with Crippen LogP contribution in [-0.2, 0) is 19.0 Å². The van der Waals surface area contributed by atoms with Gasteiger partial charge in [0.05, 0.1) is 19.3 Å². The quantitative estimate of drug-likeness (QED) is 0.649. The summed E-state index contributed by atoms with van der Waals surface area (Å²) in [6.07, 6.45) is 1.29. The van der Waals surface area contributed by atoms with Gasteiger partial charge < -0.3 is 14.2 Å². The van der Waals surface area contributed by atoms with Crippen LogP contribution in [0.25, 0.3) is 0 Å². The molecule has 1 saturated heterocycles. The molecule has 14 heavy (non-hydrogen) atoms. The predicted molar refractivity (Wildman–Crippen MR) is 49.1 cm³/mol. The van der Waals surface area contributed by atoms with Crippen LogP contribution in [0.2, 0.25) is 0 Å². The Morgan fingerprint density at radius 2 is 2.29 bits per heavy atom. The largest absolute Gasteiger partial charge is 0.376 e. The first-order chi connectivity index (χ1) is 6.81.